The van der Waals surface area contributed by atoms with Gasteiger partial charge < -0.3 is 4.74 Å². The first kappa shape index (κ1) is 13.3. The van der Waals surface area contributed by atoms with E-state index in [0.717, 1.165) is 4.47 Å². The minimum atomic E-state index is 0.222. The molecule has 3 nitrogen and oxygen atoms in total. The molecule has 1 aromatic heterocycles. The molecular formula is C12H5Br2ClN2O. The standard InChI is InChI=1S/C12H5Br2ClN2O/c13-7-3-12(10(5-16)17-6-7)18-11-2-1-8(15)4-9(11)14/h1-4,6H. The molecule has 0 radical (unpaired) electrons. The quantitative estimate of drug-likeness (QED) is 0.733. The highest BCUT2D eigenvalue weighted by Crippen LogP contribution is 2.33. The zero-order chi connectivity index (χ0) is 13.1. The van der Waals surface area contributed by atoms with E-state index in [9.17, 15) is 0 Å². The van der Waals surface area contributed by atoms with E-state index in [-0.39, 0.29) is 5.69 Å². The zero-order valence-electron chi connectivity index (χ0n) is 8.82. The number of rotatable bonds is 2. The lowest BCUT2D eigenvalue weighted by molar-refractivity contribution is 0.475. The second-order valence-corrected chi connectivity index (χ2v) is 5.50. The molecule has 0 N–H and O–H groups in total. The molecule has 0 amide bonds. The number of nitriles is 1. The van der Waals surface area contributed by atoms with E-state index in [0.29, 0.717) is 21.0 Å². The van der Waals surface area contributed by atoms with Crippen LogP contribution in [-0.2, 0) is 0 Å². The van der Waals surface area contributed by atoms with Crippen LogP contribution in [0.3, 0.4) is 0 Å². The fourth-order valence-electron chi connectivity index (χ4n) is 1.26. The monoisotopic (exact) mass is 386 g/mol. The van der Waals surface area contributed by atoms with Gasteiger partial charge in [0.15, 0.2) is 11.4 Å². The predicted molar refractivity (Wildman–Crippen MR) is 75.9 cm³/mol. The maximum atomic E-state index is 8.96. The molecule has 0 saturated heterocycles. The summed E-state index contributed by atoms with van der Waals surface area (Å²) in [5.41, 5.74) is 0.222. The lowest BCUT2D eigenvalue weighted by Gasteiger charge is -2.09. The molecule has 0 atom stereocenters. The van der Waals surface area contributed by atoms with Gasteiger partial charge in [-0.2, -0.15) is 5.26 Å². The first-order valence-corrected chi connectivity index (χ1v) is 6.75. The molecule has 18 heavy (non-hydrogen) atoms. The molecule has 2 rings (SSSR count). The van der Waals surface area contributed by atoms with Gasteiger partial charge in [-0.15, -0.1) is 0 Å². The molecule has 2 aromatic rings. The fraction of sp³-hybridized carbons (Fsp3) is 0. The molecule has 90 valence electrons. The Kier molecular flexibility index (Phi) is 4.23. The maximum Gasteiger partial charge on any atom is 0.183 e. The summed E-state index contributed by atoms with van der Waals surface area (Å²) >= 11 is 12.5. The Hall–Kier alpha value is -1.09. The van der Waals surface area contributed by atoms with Crippen molar-refractivity contribution in [3.05, 3.63) is 50.1 Å². The summed E-state index contributed by atoms with van der Waals surface area (Å²) in [4.78, 5) is 3.97. The number of hydrogen-bond donors (Lipinski definition) is 0. The Morgan fingerprint density at radius 1 is 1.22 bits per heavy atom. The number of halogens is 3. The second kappa shape index (κ2) is 5.70. The molecule has 0 aliphatic carbocycles. The highest BCUT2D eigenvalue weighted by molar-refractivity contribution is 9.10. The van der Waals surface area contributed by atoms with Crippen LogP contribution in [0, 0.1) is 11.3 Å². The van der Waals surface area contributed by atoms with Gasteiger partial charge >= 0.3 is 0 Å². The molecule has 0 unspecified atom stereocenters. The molecule has 0 spiro atoms. The third-order valence-electron chi connectivity index (χ3n) is 2.04. The van der Waals surface area contributed by atoms with Gasteiger partial charge in [0, 0.05) is 15.7 Å². The number of aromatic nitrogens is 1. The number of ether oxygens (including phenoxy) is 1. The fourth-order valence-corrected chi connectivity index (χ4v) is 2.33. The Balaban J connectivity index is 2.40. The van der Waals surface area contributed by atoms with Crippen molar-refractivity contribution in [2.75, 3.05) is 0 Å². The molecule has 1 heterocycles. The van der Waals surface area contributed by atoms with E-state index in [4.69, 9.17) is 21.6 Å². The van der Waals surface area contributed by atoms with Crippen LogP contribution >= 0.6 is 43.5 Å². The molecule has 0 aliphatic rings. The van der Waals surface area contributed by atoms with Crippen molar-refractivity contribution in [3.8, 4) is 17.6 Å². The van der Waals surface area contributed by atoms with E-state index >= 15 is 0 Å². The minimum Gasteiger partial charge on any atom is -0.453 e. The van der Waals surface area contributed by atoms with Crippen LogP contribution in [0.4, 0.5) is 0 Å². The van der Waals surface area contributed by atoms with Crippen LogP contribution < -0.4 is 4.74 Å². The van der Waals surface area contributed by atoms with Crippen LogP contribution in [0.5, 0.6) is 11.5 Å². The zero-order valence-corrected chi connectivity index (χ0v) is 12.8. The lowest BCUT2D eigenvalue weighted by Crippen LogP contribution is -1.92. The first-order valence-electron chi connectivity index (χ1n) is 4.78. The number of hydrogen-bond acceptors (Lipinski definition) is 3. The molecule has 0 aliphatic heterocycles. The Morgan fingerprint density at radius 3 is 2.67 bits per heavy atom. The van der Waals surface area contributed by atoms with Crippen molar-refractivity contribution in [1.82, 2.24) is 4.98 Å². The lowest BCUT2D eigenvalue weighted by atomic mass is 10.3. The normalized spacial score (nSPS) is 9.89. The van der Waals surface area contributed by atoms with Crippen molar-refractivity contribution in [2.24, 2.45) is 0 Å². The van der Waals surface area contributed by atoms with Gasteiger partial charge in [0.2, 0.25) is 0 Å². The van der Waals surface area contributed by atoms with Gasteiger partial charge in [-0.3, -0.25) is 0 Å². The number of nitrogens with zero attached hydrogens (tertiary/aromatic N) is 2. The van der Waals surface area contributed by atoms with Crippen molar-refractivity contribution in [2.45, 2.75) is 0 Å². The summed E-state index contributed by atoms with van der Waals surface area (Å²) in [5.74, 6) is 0.950. The third kappa shape index (κ3) is 3.02. The van der Waals surface area contributed by atoms with Gasteiger partial charge in [0.05, 0.1) is 4.47 Å². The van der Waals surface area contributed by atoms with Gasteiger partial charge in [0.25, 0.3) is 0 Å². The van der Waals surface area contributed by atoms with Crippen LogP contribution in [-0.4, -0.2) is 4.98 Å². The van der Waals surface area contributed by atoms with Crippen molar-refractivity contribution in [1.29, 1.82) is 5.26 Å². The van der Waals surface area contributed by atoms with Gasteiger partial charge in [0.1, 0.15) is 11.8 Å². The third-order valence-corrected chi connectivity index (χ3v) is 3.33. The highest BCUT2D eigenvalue weighted by atomic mass is 79.9. The topological polar surface area (TPSA) is 45.9 Å². The van der Waals surface area contributed by atoms with Crippen LogP contribution in [0.25, 0.3) is 0 Å². The van der Waals surface area contributed by atoms with E-state index in [2.05, 4.69) is 36.8 Å². The Morgan fingerprint density at radius 2 is 2.00 bits per heavy atom. The smallest absolute Gasteiger partial charge is 0.183 e. The average molecular weight is 388 g/mol. The van der Waals surface area contributed by atoms with Crippen molar-refractivity contribution >= 4 is 43.5 Å². The predicted octanol–water partition coefficient (Wildman–Crippen LogP) is 4.92. The molecule has 0 fully saturated rings. The van der Waals surface area contributed by atoms with Crippen molar-refractivity contribution < 1.29 is 4.74 Å². The van der Waals surface area contributed by atoms with Gasteiger partial charge in [-0.05, 0) is 56.1 Å². The van der Waals surface area contributed by atoms with Crippen LogP contribution in [0.2, 0.25) is 5.02 Å². The summed E-state index contributed by atoms with van der Waals surface area (Å²) in [7, 11) is 0. The largest absolute Gasteiger partial charge is 0.453 e. The second-order valence-electron chi connectivity index (χ2n) is 3.29. The highest BCUT2D eigenvalue weighted by Gasteiger charge is 2.09. The van der Waals surface area contributed by atoms with E-state index in [1.807, 2.05) is 6.07 Å². The van der Waals surface area contributed by atoms with Crippen LogP contribution in [0.1, 0.15) is 5.69 Å². The van der Waals surface area contributed by atoms with Crippen molar-refractivity contribution in [3.63, 3.8) is 0 Å². The van der Waals surface area contributed by atoms with Gasteiger partial charge in [-0.1, -0.05) is 11.6 Å². The van der Waals surface area contributed by atoms with E-state index in [1.54, 1.807) is 30.5 Å². The number of benzene rings is 1. The summed E-state index contributed by atoms with van der Waals surface area (Å²) < 4.78 is 7.09. The van der Waals surface area contributed by atoms with Crippen LogP contribution in [0.15, 0.2) is 39.4 Å². The van der Waals surface area contributed by atoms with Gasteiger partial charge in [-0.25, -0.2) is 4.98 Å². The Labute approximate surface area is 126 Å². The summed E-state index contributed by atoms with van der Waals surface area (Å²) in [6, 6.07) is 8.80. The molecule has 6 heteroatoms. The SMILES string of the molecule is N#Cc1ncc(Br)cc1Oc1ccc(Cl)cc1Br. The maximum absolute atomic E-state index is 8.96. The molecule has 1 aromatic carbocycles. The summed E-state index contributed by atoms with van der Waals surface area (Å²) in [6.45, 7) is 0. The number of pyridine rings is 1. The average Bonchev–Trinajstić information content (AvgIpc) is 2.33. The van der Waals surface area contributed by atoms with E-state index < -0.39 is 0 Å². The summed E-state index contributed by atoms with van der Waals surface area (Å²) in [5, 5.41) is 9.56. The summed E-state index contributed by atoms with van der Waals surface area (Å²) in [6.07, 6.45) is 1.54. The minimum absolute atomic E-state index is 0.222. The molecular weight excluding hydrogens is 383 g/mol. The molecule has 0 bridgehead atoms. The molecule has 0 saturated carbocycles. The first-order chi connectivity index (χ1) is 8.60. The Bertz CT molecular complexity index is 640. The van der Waals surface area contributed by atoms with E-state index in [1.165, 1.54) is 0 Å².